The van der Waals surface area contributed by atoms with Crippen molar-refractivity contribution >= 4 is 46.8 Å². The van der Waals surface area contributed by atoms with Crippen molar-refractivity contribution < 1.29 is 37.4 Å². The van der Waals surface area contributed by atoms with E-state index in [0.29, 0.717) is 54.8 Å². The highest BCUT2D eigenvalue weighted by Gasteiger charge is 2.35. The number of aryl methyl sites for hydroxylation is 2. The summed E-state index contributed by atoms with van der Waals surface area (Å²) in [5.74, 6) is 0.246. The Kier molecular flexibility index (Phi) is 12.6. The van der Waals surface area contributed by atoms with E-state index in [1.165, 1.54) is 35.8 Å². The summed E-state index contributed by atoms with van der Waals surface area (Å²) in [5, 5.41) is 29.1. The van der Waals surface area contributed by atoms with Crippen LogP contribution in [0.1, 0.15) is 63.3 Å². The summed E-state index contributed by atoms with van der Waals surface area (Å²) in [7, 11) is 0. The van der Waals surface area contributed by atoms with Gasteiger partial charge < -0.3 is 29.9 Å². The van der Waals surface area contributed by atoms with Crippen molar-refractivity contribution in [3.05, 3.63) is 59.7 Å². The molecule has 0 radical (unpaired) electrons. The number of carbonyl (C=O) groups excluding carboxylic acids is 4. The van der Waals surface area contributed by atoms with Gasteiger partial charge in [0.2, 0.25) is 11.8 Å². The molecule has 4 aliphatic rings. The molecule has 4 fully saturated rings. The monoisotopic (exact) mass is 834 g/mol. The molecule has 2 atom stereocenters. The van der Waals surface area contributed by atoms with Gasteiger partial charge in [-0.3, -0.25) is 19.4 Å². The van der Waals surface area contributed by atoms with Crippen LogP contribution in [-0.2, 0) is 19.1 Å². The zero-order valence-corrected chi connectivity index (χ0v) is 33.8. The Morgan fingerprint density at radius 3 is 1.60 bits per heavy atom. The summed E-state index contributed by atoms with van der Waals surface area (Å²) in [6.07, 6.45) is 1.20. The van der Waals surface area contributed by atoms with Gasteiger partial charge in [0, 0.05) is 40.0 Å². The molecule has 0 saturated carbocycles. The van der Waals surface area contributed by atoms with Gasteiger partial charge in [-0.25, -0.2) is 23.1 Å². The van der Waals surface area contributed by atoms with Gasteiger partial charge in [0.1, 0.15) is 29.7 Å². The zero-order chi connectivity index (χ0) is 42.5. The molecule has 4 aromatic rings. The van der Waals surface area contributed by atoms with Gasteiger partial charge in [0.25, 0.3) is 0 Å². The minimum absolute atomic E-state index is 0.157. The molecule has 6 heterocycles. The topological polar surface area (TPSA) is 211 Å². The Bertz CT molecular complexity index is 2190. The molecule has 0 aliphatic carbocycles. The second-order valence-corrected chi connectivity index (χ2v) is 15.1. The fourth-order valence-corrected chi connectivity index (χ4v) is 7.75. The van der Waals surface area contributed by atoms with Crippen LogP contribution in [0.15, 0.2) is 36.4 Å². The summed E-state index contributed by atoms with van der Waals surface area (Å²) < 4.78 is 42.1. The average Bonchev–Trinajstić information content (AvgIpc) is 4.04. The van der Waals surface area contributed by atoms with Crippen LogP contribution in [0.3, 0.4) is 0 Å². The lowest BCUT2D eigenvalue weighted by Crippen LogP contribution is -2.36. The maximum atomic E-state index is 14.9. The number of hydrogen-bond donors (Lipinski definition) is 2. The number of halogens is 2. The molecule has 8 rings (SSSR count). The fourth-order valence-electron chi connectivity index (χ4n) is 7.75. The summed E-state index contributed by atoms with van der Waals surface area (Å²) in [5.41, 5.74) is 1.88. The average molecular weight is 835 g/mol. The van der Waals surface area contributed by atoms with Crippen LogP contribution < -0.4 is 30.2 Å². The predicted octanol–water partition coefficient (Wildman–Crippen LogP) is 2.85. The third-order valence-electron chi connectivity index (χ3n) is 10.9. The van der Waals surface area contributed by atoms with Crippen LogP contribution in [0.2, 0.25) is 0 Å². The Balaban J connectivity index is 0.000000181. The number of cyclic esters (lactones) is 2. The van der Waals surface area contributed by atoms with Crippen LogP contribution in [0.25, 0.3) is 0 Å². The van der Waals surface area contributed by atoms with Crippen molar-refractivity contribution in [3.63, 3.8) is 0 Å². The van der Waals surface area contributed by atoms with E-state index >= 15 is 0 Å². The second kappa shape index (κ2) is 18.2. The summed E-state index contributed by atoms with van der Waals surface area (Å²) in [6, 6.07) is 9.90. The molecule has 4 amide bonds. The normalized spacial score (nSPS) is 19.8. The highest BCUT2D eigenvalue weighted by atomic mass is 19.1. The molecule has 2 aromatic heterocycles. The molecule has 60 heavy (non-hydrogen) atoms. The number of nitrogens with zero attached hydrogens (tertiary/aromatic N) is 12. The maximum absolute atomic E-state index is 14.9. The number of ether oxygens (including phenoxy) is 2. The Labute approximate surface area is 344 Å². The van der Waals surface area contributed by atoms with Crippen LogP contribution in [0.5, 0.6) is 0 Å². The number of rotatable bonds is 10. The molecular weight excluding hydrogens is 787 g/mol. The standard InChI is InChI=1S/2C19H24FN7O3/c1-12-22-23-24-27(12)14-5-7-25(8-6-14)18-4-3-15(9-17(18)20)26-11-16(30-19(26)29)10-21-13(2)28;1-12-22-24-27(23-12)14-5-7-25(8-6-14)18-4-3-15(9-17(18)20)26-11-16(30-19(26)29)10-21-13(2)28/h2*3-4,9,14,16H,5-8,10-11H2,1-2H3,(H,21,28)/t2*16-/m00/s1. The van der Waals surface area contributed by atoms with Crippen molar-refractivity contribution in [2.24, 2.45) is 0 Å². The molecule has 2 N–H and O–H groups in total. The van der Waals surface area contributed by atoms with Crippen molar-refractivity contribution in [1.82, 2.24) is 51.0 Å². The first kappa shape index (κ1) is 41.7. The van der Waals surface area contributed by atoms with Crippen LogP contribution in [0, 0.1) is 25.5 Å². The predicted molar refractivity (Wildman–Crippen MR) is 211 cm³/mol. The molecule has 320 valence electrons. The smallest absolute Gasteiger partial charge is 0.414 e. The Morgan fingerprint density at radius 2 is 1.20 bits per heavy atom. The minimum Gasteiger partial charge on any atom is -0.442 e. The molecule has 0 unspecified atom stereocenters. The van der Waals surface area contributed by atoms with Gasteiger partial charge in [0.05, 0.1) is 61.0 Å². The number of piperidine rings is 2. The lowest BCUT2D eigenvalue weighted by molar-refractivity contribution is -0.120. The number of aromatic nitrogens is 8. The molecule has 0 spiro atoms. The lowest BCUT2D eigenvalue weighted by atomic mass is 10.0. The van der Waals surface area contributed by atoms with Crippen LogP contribution in [0.4, 0.5) is 41.1 Å². The summed E-state index contributed by atoms with van der Waals surface area (Å²) >= 11 is 0. The first-order chi connectivity index (χ1) is 28.8. The van der Waals surface area contributed by atoms with Crippen LogP contribution in [-0.4, -0.2) is 129 Å². The van der Waals surface area contributed by atoms with Crippen molar-refractivity contribution in [1.29, 1.82) is 0 Å². The van der Waals surface area contributed by atoms with Gasteiger partial charge in [-0.05, 0) is 91.6 Å². The van der Waals surface area contributed by atoms with E-state index in [1.54, 1.807) is 36.0 Å². The van der Waals surface area contributed by atoms with E-state index in [2.05, 4.69) is 41.6 Å². The van der Waals surface area contributed by atoms with Gasteiger partial charge in [-0.2, -0.15) is 4.80 Å². The van der Waals surface area contributed by atoms with Crippen molar-refractivity contribution in [2.75, 3.05) is 72.0 Å². The van der Waals surface area contributed by atoms with Gasteiger partial charge in [-0.15, -0.1) is 15.3 Å². The second-order valence-electron chi connectivity index (χ2n) is 15.1. The van der Waals surface area contributed by atoms with Gasteiger partial charge >= 0.3 is 12.2 Å². The van der Waals surface area contributed by atoms with E-state index in [1.807, 2.05) is 21.4 Å². The molecule has 0 bridgehead atoms. The molecule has 4 aliphatic heterocycles. The fraction of sp³-hybridized carbons (Fsp3) is 0.526. The number of anilines is 4. The number of hydrogen-bond acceptors (Lipinski definition) is 14. The summed E-state index contributed by atoms with van der Waals surface area (Å²) in [4.78, 5) is 54.7. The van der Waals surface area contributed by atoms with Crippen molar-refractivity contribution in [2.45, 2.75) is 77.7 Å². The largest absolute Gasteiger partial charge is 0.442 e. The lowest BCUT2D eigenvalue weighted by Gasteiger charge is -2.34. The highest BCUT2D eigenvalue weighted by molar-refractivity contribution is 5.91. The van der Waals surface area contributed by atoms with E-state index in [-0.39, 0.29) is 55.9 Å². The Hall–Kier alpha value is -6.48. The summed E-state index contributed by atoms with van der Waals surface area (Å²) in [6.45, 7) is 10.2. The van der Waals surface area contributed by atoms with Gasteiger partial charge in [-0.1, -0.05) is 0 Å². The molecule has 22 heteroatoms. The van der Waals surface area contributed by atoms with Gasteiger partial charge in [0.15, 0.2) is 5.82 Å². The third kappa shape index (κ3) is 9.69. The number of amides is 4. The number of nitrogens with one attached hydrogen (secondary N) is 2. The molecule has 2 aromatic carbocycles. The van der Waals surface area contributed by atoms with E-state index in [4.69, 9.17) is 9.47 Å². The highest BCUT2D eigenvalue weighted by Crippen LogP contribution is 2.33. The SMILES string of the molecule is CC(=O)NC[C@H]1CN(c2ccc(N3CCC(n4nnc(C)n4)CC3)c(F)c2)C(=O)O1.CC(=O)NC[C@H]1CN(c2ccc(N3CCC(n4nnnc4C)CC3)c(F)c2)C(=O)O1. The molecular formula is C38H48F2N14O6. The number of carbonyl (C=O) groups is 4. The van der Waals surface area contributed by atoms with E-state index < -0.39 is 30.2 Å². The number of tetrazole rings is 2. The third-order valence-corrected chi connectivity index (χ3v) is 10.9. The van der Waals surface area contributed by atoms with Crippen LogP contribution >= 0.6 is 0 Å². The Morgan fingerprint density at radius 1 is 0.717 bits per heavy atom. The molecule has 20 nitrogen and oxygen atoms in total. The zero-order valence-electron chi connectivity index (χ0n) is 33.8. The quantitative estimate of drug-likeness (QED) is 0.236. The maximum Gasteiger partial charge on any atom is 0.414 e. The number of benzene rings is 2. The van der Waals surface area contributed by atoms with E-state index in [9.17, 15) is 28.0 Å². The molecule has 4 saturated heterocycles. The van der Waals surface area contributed by atoms with E-state index in [0.717, 1.165) is 31.5 Å². The van der Waals surface area contributed by atoms with Crippen molar-refractivity contribution in [3.8, 4) is 0 Å². The minimum atomic E-state index is -0.547. The first-order valence-corrected chi connectivity index (χ1v) is 19.9. The first-order valence-electron chi connectivity index (χ1n) is 19.9.